The summed E-state index contributed by atoms with van der Waals surface area (Å²) in [5.74, 6) is -0.654. The van der Waals surface area contributed by atoms with Gasteiger partial charge in [0, 0.05) is 0 Å². The fourth-order valence-electron chi connectivity index (χ4n) is 2.87. The van der Waals surface area contributed by atoms with E-state index in [0.29, 0.717) is 13.2 Å². The second-order valence-electron chi connectivity index (χ2n) is 5.86. The molecule has 1 fully saturated rings. The van der Waals surface area contributed by atoms with Crippen molar-refractivity contribution in [2.24, 2.45) is 5.92 Å². The molecule has 0 saturated carbocycles. The van der Waals surface area contributed by atoms with Crippen LogP contribution in [-0.4, -0.2) is 38.1 Å². The Kier molecular flexibility index (Phi) is 7.65. The summed E-state index contributed by atoms with van der Waals surface area (Å²) in [6.45, 7) is 3.69. The van der Waals surface area contributed by atoms with Gasteiger partial charge in [-0.2, -0.15) is 0 Å². The van der Waals surface area contributed by atoms with E-state index in [1.54, 1.807) is 6.92 Å². The maximum atomic E-state index is 12.4. The van der Waals surface area contributed by atoms with Crippen molar-refractivity contribution in [2.75, 3.05) is 31.6 Å². The van der Waals surface area contributed by atoms with Gasteiger partial charge in [-0.1, -0.05) is 46.4 Å². The zero-order valence-electron chi connectivity index (χ0n) is 13.6. The number of halogens is 4. The van der Waals surface area contributed by atoms with Crippen molar-refractivity contribution in [1.29, 1.82) is 0 Å². The number of amides is 1. The molecule has 2 rings (SSSR count). The predicted molar refractivity (Wildman–Crippen MR) is 100 cm³/mol. The molecule has 0 aliphatic carbocycles. The Labute approximate surface area is 166 Å². The number of quaternary nitrogens is 1. The number of hydrogen-bond acceptors (Lipinski definition) is 3. The molecule has 1 aliphatic rings. The van der Waals surface area contributed by atoms with Crippen LogP contribution < -0.4 is 10.2 Å². The highest BCUT2D eigenvalue weighted by Crippen LogP contribution is 2.40. The zero-order valence-corrected chi connectivity index (χ0v) is 16.7. The van der Waals surface area contributed by atoms with E-state index in [0.717, 1.165) is 24.3 Å². The minimum absolute atomic E-state index is 0.141. The average Bonchev–Trinajstić information content (AvgIpc) is 2.57. The molecular weight excluding hydrogens is 410 g/mol. The molecular formula is C16H19Cl4N2O3+. The van der Waals surface area contributed by atoms with Gasteiger partial charge < -0.3 is 15.0 Å². The summed E-state index contributed by atoms with van der Waals surface area (Å²) in [6, 6.07) is 1.42. The van der Waals surface area contributed by atoms with E-state index >= 15 is 0 Å². The molecule has 0 aromatic heterocycles. The molecule has 9 heteroatoms. The van der Waals surface area contributed by atoms with Crippen LogP contribution in [0.1, 0.15) is 19.8 Å². The Balaban J connectivity index is 2.00. The number of esters is 1. The monoisotopic (exact) mass is 427 g/mol. The summed E-state index contributed by atoms with van der Waals surface area (Å²) in [6.07, 6.45) is 1.64. The molecule has 2 atom stereocenters. The van der Waals surface area contributed by atoms with Crippen LogP contribution in [0.25, 0.3) is 0 Å². The standard InChI is InChI=1S/C16H18Cl4N2O3/c1-2-25-16(24)9-4-3-5-22(7-9)8-12(23)21-15-13(19)10(17)6-11(18)14(15)20/h6,9H,2-5,7-8H2,1H3,(H,21,23)/p+1. The molecule has 25 heavy (non-hydrogen) atoms. The molecule has 0 radical (unpaired) electrons. The van der Waals surface area contributed by atoms with Crippen LogP contribution in [-0.2, 0) is 14.3 Å². The van der Waals surface area contributed by atoms with E-state index < -0.39 is 0 Å². The molecule has 5 nitrogen and oxygen atoms in total. The first-order valence-corrected chi connectivity index (χ1v) is 9.47. The maximum absolute atomic E-state index is 12.4. The third kappa shape index (κ3) is 5.38. The minimum Gasteiger partial charge on any atom is -0.466 e. The quantitative estimate of drug-likeness (QED) is 0.559. The lowest BCUT2D eigenvalue weighted by Gasteiger charge is -2.28. The number of hydrogen-bond donors (Lipinski definition) is 2. The summed E-state index contributed by atoms with van der Waals surface area (Å²) < 4.78 is 5.07. The van der Waals surface area contributed by atoms with E-state index in [1.807, 2.05) is 0 Å². The maximum Gasteiger partial charge on any atom is 0.314 e. The number of carbonyl (C=O) groups is 2. The second kappa shape index (κ2) is 9.28. The number of anilines is 1. The van der Waals surface area contributed by atoms with Crippen molar-refractivity contribution in [3.05, 3.63) is 26.2 Å². The molecule has 0 bridgehead atoms. The molecule has 1 amide bonds. The average molecular weight is 429 g/mol. The number of nitrogens with one attached hydrogen (secondary N) is 2. The van der Waals surface area contributed by atoms with Crippen LogP contribution in [0.3, 0.4) is 0 Å². The molecule has 2 unspecified atom stereocenters. The van der Waals surface area contributed by atoms with Gasteiger partial charge in [0.15, 0.2) is 6.54 Å². The van der Waals surface area contributed by atoms with Gasteiger partial charge in [0.25, 0.3) is 5.91 Å². The van der Waals surface area contributed by atoms with Crippen LogP contribution in [0.2, 0.25) is 20.1 Å². The summed E-state index contributed by atoms with van der Waals surface area (Å²) >= 11 is 24.1. The largest absolute Gasteiger partial charge is 0.466 e. The van der Waals surface area contributed by atoms with E-state index in [1.165, 1.54) is 6.07 Å². The van der Waals surface area contributed by atoms with Gasteiger partial charge in [0.2, 0.25) is 0 Å². The van der Waals surface area contributed by atoms with Crippen molar-refractivity contribution in [2.45, 2.75) is 19.8 Å². The number of ether oxygens (including phenoxy) is 1. The molecule has 138 valence electrons. The van der Waals surface area contributed by atoms with Gasteiger partial charge in [0.1, 0.15) is 5.92 Å². The lowest BCUT2D eigenvalue weighted by Crippen LogP contribution is -3.14. The topological polar surface area (TPSA) is 59.8 Å². The Morgan fingerprint density at radius 1 is 1.24 bits per heavy atom. The first-order valence-electron chi connectivity index (χ1n) is 7.96. The van der Waals surface area contributed by atoms with Crippen molar-refractivity contribution < 1.29 is 19.2 Å². The van der Waals surface area contributed by atoms with E-state index in [2.05, 4.69) is 5.32 Å². The molecule has 1 aromatic rings. The van der Waals surface area contributed by atoms with Gasteiger partial charge in [-0.3, -0.25) is 9.59 Å². The van der Waals surface area contributed by atoms with Gasteiger partial charge in [-0.25, -0.2) is 0 Å². The van der Waals surface area contributed by atoms with Crippen LogP contribution in [0.15, 0.2) is 6.07 Å². The van der Waals surface area contributed by atoms with Gasteiger partial charge in [-0.05, 0) is 25.8 Å². The fourth-order valence-corrected chi connectivity index (χ4v) is 3.77. The molecule has 0 spiro atoms. The van der Waals surface area contributed by atoms with E-state index in [-0.39, 0.29) is 50.1 Å². The van der Waals surface area contributed by atoms with E-state index in [9.17, 15) is 9.59 Å². The van der Waals surface area contributed by atoms with Crippen LogP contribution in [0, 0.1) is 5.92 Å². The molecule has 1 saturated heterocycles. The van der Waals surface area contributed by atoms with Crippen molar-refractivity contribution in [1.82, 2.24) is 0 Å². The zero-order chi connectivity index (χ0) is 18.6. The molecule has 2 N–H and O–H groups in total. The van der Waals surface area contributed by atoms with Crippen LogP contribution >= 0.6 is 46.4 Å². The van der Waals surface area contributed by atoms with Gasteiger partial charge in [0.05, 0.1) is 45.5 Å². The van der Waals surface area contributed by atoms with Crippen molar-refractivity contribution >= 4 is 64.0 Å². The Hall–Kier alpha value is -0.720. The molecule has 1 aliphatic heterocycles. The molecule has 1 heterocycles. The predicted octanol–water partition coefficient (Wildman–Crippen LogP) is 3.10. The minimum atomic E-state index is -0.276. The Bertz CT molecular complexity index is 643. The second-order valence-corrected chi connectivity index (χ2v) is 7.43. The van der Waals surface area contributed by atoms with Crippen molar-refractivity contribution in [3.8, 4) is 0 Å². The lowest BCUT2D eigenvalue weighted by atomic mass is 9.98. The highest BCUT2D eigenvalue weighted by atomic mass is 35.5. The number of piperidine rings is 1. The highest BCUT2D eigenvalue weighted by Gasteiger charge is 2.31. The summed E-state index contributed by atoms with van der Waals surface area (Å²) in [7, 11) is 0. The normalized spacial score (nSPS) is 20.2. The number of carbonyl (C=O) groups excluding carboxylic acids is 2. The number of likely N-dealkylation sites (tertiary alicyclic amines) is 1. The Morgan fingerprint density at radius 3 is 2.48 bits per heavy atom. The van der Waals surface area contributed by atoms with Crippen LogP contribution in [0.5, 0.6) is 0 Å². The summed E-state index contributed by atoms with van der Waals surface area (Å²) in [5.41, 5.74) is 0.198. The van der Waals surface area contributed by atoms with Gasteiger partial charge in [-0.15, -0.1) is 0 Å². The molecule has 1 aromatic carbocycles. The van der Waals surface area contributed by atoms with E-state index in [4.69, 9.17) is 51.1 Å². The third-order valence-corrected chi connectivity index (χ3v) is 5.60. The number of benzene rings is 1. The first-order chi connectivity index (χ1) is 11.8. The lowest BCUT2D eigenvalue weighted by molar-refractivity contribution is -0.899. The third-order valence-electron chi connectivity index (χ3n) is 4.02. The fraction of sp³-hybridized carbons (Fsp3) is 0.500. The Morgan fingerprint density at radius 2 is 1.88 bits per heavy atom. The first kappa shape index (κ1) is 20.6. The summed E-state index contributed by atoms with van der Waals surface area (Å²) in [4.78, 5) is 25.2. The smallest absolute Gasteiger partial charge is 0.314 e. The SMILES string of the molecule is CCOC(=O)C1CCC[NH+](CC(=O)Nc2c(Cl)c(Cl)cc(Cl)c2Cl)C1. The highest BCUT2D eigenvalue weighted by molar-refractivity contribution is 6.50. The van der Waals surface area contributed by atoms with Crippen molar-refractivity contribution in [3.63, 3.8) is 0 Å². The van der Waals surface area contributed by atoms with Crippen LogP contribution in [0.4, 0.5) is 5.69 Å². The number of rotatable bonds is 5. The van der Waals surface area contributed by atoms with Gasteiger partial charge >= 0.3 is 5.97 Å². The summed E-state index contributed by atoms with van der Waals surface area (Å²) in [5, 5.41) is 3.37.